The first-order valence-corrected chi connectivity index (χ1v) is 14.0. The van der Waals surface area contributed by atoms with Crippen molar-refractivity contribution in [3.05, 3.63) is 95.1 Å². The van der Waals surface area contributed by atoms with Crippen LogP contribution in [0.4, 0.5) is 4.79 Å². The summed E-state index contributed by atoms with van der Waals surface area (Å²) in [5, 5.41) is 4.62. The van der Waals surface area contributed by atoms with E-state index in [4.69, 9.17) is 30.5 Å². The lowest BCUT2D eigenvalue weighted by atomic mass is 9.98. The van der Waals surface area contributed by atoms with E-state index >= 15 is 0 Å². The van der Waals surface area contributed by atoms with Crippen molar-refractivity contribution in [2.24, 2.45) is 0 Å². The molecule has 0 aliphatic heterocycles. The minimum absolute atomic E-state index is 0.0231. The summed E-state index contributed by atoms with van der Waals surface area (Å²) in [5.74, 6) is 0.566. The first-order valence-electron chi connectivity index (χ1n) is 13.5. The molecule has 1 aliphatic rings. The molecule has 1 aliphatic carbocycles. The molecule has 1 amide bonds. The number of methoxy groups -OCH3 is 2. The second-order valence-electron chi connectivity index (χ2n) is 9.80. The summed E-state index contributed by atoms with van der Waals surface area (Å²) in [7, 11) is 3.18. The molecule has 0 unspecified atom stereocenters. The molecule has 1 N–H and O–H groups in total. The number of aryl methyl sites for hydroxylation is 1. The third-order valence-corrected chi connectivity index (χ3v) is 7.59. The van der Waals surface area contributed by atoms with Crippen LogP contribution in [0.5, 0.6) is 11.5 Å². The van der Waals surface area contributed by atoms with E-state index in [2.05, 4.69) is 29.6 Å². The first-order chi connectivity index (χ1) is 20.0. The van der Waals surface area contributed by atoms with Gasteiger partial charge in [0.05, 0.1) is 14.2 Å². The first kappa shape index (κ1) is 28.3. The molecule has 4 aromatic rings. The van der Waals surface area contributed by atoms with Gasteiger partial charge >= 0.3 is 12.1 Å². The Morgan fingerprint density at radius 3 is 2.22 bits per heavy atom. The lowest BCUT2D eigenvalue weighted by Crippen LogP contribution is -2.27. The SMILES string of the molecule is COc1cc(COC(=O)CCl)c(OC)c2cc(CCCNC(=O)OCC3c4ccccc4-c4ccccc43)ccc12. The number of alkyl halides is 1. The molecule has 5 rings (SSSR count). The molecule has 0 bridgehead atoms. The number of carbonyl (C=O) groups is 2. The van der Waals surface area contributed by atoms with E-state index in [1.807, 2.05) is 42.5 Å². The van der Waals surface area contributed by atoms with Crippen molar-refractivity contribution in [2.45, 2.75) is 25.4 Å². The molecule has 0 heterocycles. The molecular formula is C33H32ClNO6. The van der Waals surface area contributed by atoms with E-state index in [0.717, 1.165) is 29.2 Å². The summed E-state index contributed by atoms with van der Waals surface area (Å²) in [6.45, 7) is 0.785. The fraction of sp³-hybridized carbons (Fsp3) is 0.273. The Labute approximate surface area is 244 Å². The molecule has 7 nitrogen and oxygen atoms in total. The summed E-state index contributed by atoms with van der Waals surface area (Å²) in [4.78, 5) is 24.1. The average molecular weight is 574 g/mol. The maximum absolute atomic E-state index is 12.5. The highest BCUT2D eigenvalue weighted by atomic mass is 35.5. The zero-order valence-corrected chi connectivity index (χ0v) is 23.8. The van der Waals surface area contributed by atoms with Gasteiger partial charge in [-0.2, -0.15) is 0 Å². The maximum Gasteiger partial charge on any atom is 0.407 e. The van der Waals surface area contributed by atoms with E-state index in [-0.39, 0.29) is 25.0 Å². The molecule has 0 aromatic heterocycles. The summed E-state index contributed by atoms with van der Waals surface area (Å²) in [6.07, 6.45) is 1.03. The molecule has 4 aromatic carbocycles. The maximum atomic E-state index is 12.5. The van der Waals surface area contributed by atoms with E-state index in [1.165, 1.54) is 22.3 Å². The Balaban J connectivity index is 1.18. The number of hydrogen-bond donors (Lipinski definition) is 1. The van der Waals surface area contributed by atoms with Crippen LogP contribution in [0.1, 0.15) is 34.6 Å². The highest BCUT2D eigenvalue weighted by Gasteiger charge is 2.29. The van der Waals surface area contributed by atoms with Crippen molar-refractivity contribution < 1.29 is 28.5 Å². The zero-order valence-electron chi connectivity index (χ0n) is 23.1. The third kappa shape index (κ3) is 6.10. The molecule has 41 heavy (non-hydrogen) atoms. The van der Waals surface area contributed by atoms with Gasteiger partial charge in [0, 0.05) is 28.8 Å². The molecule has 0 radical (unpaired) electrons. The highest BCUT2D eigenvalue weighted by Crippen LogP contribution is 2.44. The van der Waals surface area contributed by atoms with E-state index in [1.54, 1.807) is 20.3 Å². The van der Waals surface area contributed by atoms with Crippen LogP contribution in [0.25, 0.3) is 21.9 Å². The third-order valence-electron chi connectivity index (χ3n) is 7.37. The number of fused-ring (bicyclic) bond motifs is 4. The molecular weight excluding hydrogens is 542 g/mol. The Morgan fingerprint density at radius 2 is 1.56 bits per heavy atom. The smallest absolute Gasteiger partial charge is 0.407 e. The number of ether oxygens (including phenoxy) is 4. The van der Waals surface area contributed by atoms with Gasteiger partial charge in [0.2, 0.25) is 0 Å². The second kappa shape index (κ2) is 13.0. The number of hydrogen-bond acceptors (Lipinski definition) is 6. The number of nitrogens with one attached hydrogen (secondary N) is 1. The van der Waals surface area contributed by atoms with E-state index < -0.39 is 12.1 Å². The number of carbonyl (C=O) groups excluding carboxylic acids is 2. The van der Waals surface area contributed by atoms with Gasteiger partial charge < -0.3 is 24.3 Å². The number of alkyl carbamates (subject to hydrolysis) is 1. The molecule has 0 saturated heterocycles. The van der Waals surface area contributed by atoms with Crippen LogP contribution < -0.4 is 14.8 Å². The Bertz CT molecular complexity index is 1520. The van der Waals surface area contributed by atoms with Crippen LogP contribution in [0, 0.1) is 0 Å². The van der Waals surface area contributed by atoms with Gasteiger partial charge in [0.1, 0.15) is 30.6 Å². The van der Waals surface area contributed by atoms with Crippen LogP contribution in [0.15, 0.2) is 72.8 Å². The molecule has 0 atom stereocenters. The van der Waals surface area contributed by atoms with Crippen molar-refractivity contribution in [1.82, 2.24) is 5.32 Å². The molecule has 8 heteroatoms. The number of esters is 1. The van der Waals surface area contributed by atoms with Crippen molar-refractivity contribution >= 4 is 34.4 Å². The Hall–Kier alpha value is -4.23. The minimum atomic E-state index is -0.509. The number of amides is 1. The standard InChI is InChI=1S/C33H32ClNO6/c1-38-30-17-22(19-40-31(36)18-34)32(39-2)28-16-21(13-14-27(28)30)8-7-15-35-33(37)41-20-29-25-11-5-3-9-23(25)24-10-4-6-12-26(24)29/h3-6,9-14,16-17,29H,7-8,15,18-20H2,1-2H3,(H,35,37). The number of rotatable bonds is 11. The van der Waals surface area contributed by atoms with Gasteiger partial charge in [-0.05, 0) is 52.8 Å². The van der Waals surface area contributed by atoms with Gasteiger partial charge in [0.25, 0.3) is 0 Å². The van der Waals surface area contributed by atoms with Crippen molar-refractivity contribution in [3.8, 4) is 22.6 Å². The van der Waals surface area contributed by atoms with Crippen molar-refractivity contribution in [3.63, 3.8) is 0 Å². The fourth-order valence-corrected chi connectivity index (χ4v) is 5.55. The summed E-state index contributed by atoms with van der Waals surface area (Å²) < 4.78 is 22.1. The van der Waals surface area contributed by atoms with Gasteiger partial charge in [0.15, 0.2) is 0 Å². The lowest BCUT2D eigenvalue weighted by molar-refractivity contribution is -0.141. The topological polar surface area (TPSA) is 83.1 Å². The quantitative estimate of drug-likeness (QED) is 0.123. The van der Waals surface area contributed by atoms with E-state index in [0.29, 0.717) is 23.6 Å². The molecule has 212 valence electrons. The fourth-order valence-electron chi connectivity index (χ4n) is 5.47. The normalized spacial score (nSPS) is 12.0. The predicted molar refractivity (Wildman–Crippen MR) is 159 cm³/mol. The van der Waals surface area contributed by atoms with E-state index in [9.17, 15) is 9.59 Å². The van der Waals surface area contributed by atoms with Crippen LogP contribution in [0.3, 0.4) is 0 Å². The molecule has 0 spiro atoms. The van der Waals surface area contributed by atoms with Crippen LogP contribution in [0.2, 0.25) is 0 Å². The summed E-state index contributed by atoms with van der Waals surface area (Å²) >= 11 is 5.57. The van der Waals surface area contributed by atoms with Crippen LogP contribution >= 0.6 is 11.6 Å². The minimum Gasteiger partial charge on any atom is -0.496 e. The second-order valence-corrected chi connectivity index (χ2v) is 10.1. The van der Waals surface area contributed by atoms with Crippen LogP contribution in [-0.4, -0.2) is 45.3 Å². The lowest BCUT2D eigenvalue weighted by Gasteiger charge is -2.16. The Morgan fingerprint density at radius 1 is 0.854 bits per heavy atom. The molecule has 0 saturated carbocycles. The van der Waals surface area contributed by atoms with Crippen molar-refractivity contribution in [2.75, 3.05) is 33.3 Å². The van der Waals surface area contributed by atoms with Crippen LogP contribution in [-0.2, 0) is 27.3 Å². The summed E-state index contributed by atoms with van der Waals surface area (Å²) in [6, 6.07) is 24.4. The summed E-state index contributed by atoms with van der Waals surface area (Å²) in [5.41, 5.74) is 6.53. The van der Waals surface area contributed by atoms with Gasteiger partial charge in [-0.25, -0.2) is 4.79 Å². The molecule has 0 fully saturated rings. The average Bonchev–Trinajstić information content (AvgIpc) is 3.33. The number of halogens is 1. The van der Waals surface area contributed by atoms with Gasteiger partial charge in [-0.3, -0.25) is 4.79 Å². The zero-order chi connectivity index (χ0) is 28.8. The van der Waals surface area contributed by atoms with Gasteiger partial charge in [-0.15, -0.1) is 11.6 Å². The van der Waals surface area contributed by atoms with Crippen molar-refractivity contribution in [1.29, 1.82) is 0 Å². The monoisotopic (exact) mass is 573 g/mol. The highest BCUT2D eigenvalue weighted by molar-refractivity contribution is 6.26. The van der Waals surface area contributed by atoms with Gasteiger partial charge in [-0.1, -0.05) is 60.7 Å². The number of benzene rings is 4. The largest absolute Gasteiger partial charge is 0.496 e. The predicted octanol–water partition coefficient (Wildman–Crippen LogP) is 6.61. The Kier molecular flexibility index (Phi) is 8.95.